The number of likely N-dealkylation sites (tertiary alicyclic amines) is 1. The molecule has 0 aromatic heterocycles. The predicted molar refractivity (Wildman–Crippen MR) is 82.3 cm³/mol. The predicted octanol–water partition coefficient (Wildman–Crippen LogP) is 2.92. The molecule has 3 heteroatoms. The van der Waals surface area contributed by atoms with Crippen LogP contribution in [0.15, 0.2) is 18.2 Å². The third-order valence-electron chi connectivity index (χ3n) is 4.02. The molecule has 0 aliphatic carbocycles. The molecule has 112 valence electrons. The van der Waals surface area contributed by atoms with E-state index in [1.54, 1.807) is 0 Å². The summed E-state index contributed by atoms with van der Waals surface area (Å²) in [6, 6.07) is 6.74. The molecule has 2 atom stereocenters. The van der Waals surface area contributed by atoms with Gasteiger partial charge in [-0.25, -0.2) is 0 Å². The molecule has 1 N–H and O–H groups in total. The normalized spacial score (nSPS) is 21.7. The highest BCUT2D eigenvalue weighted by atomic mass is 16.5. The van der Waals surface area contributed by atoms with Gasteiger partial charge in [0.1, 0.15) is 18.5 Å². The Labute approximate surface area is 122 Å². The minimum Gasteiger partial charge on any atom is -0.491 e. The Bertz CT molecular complexity index is 413. The second kappa shape index (κ2) is 7.09. The van der Waals surface area contributed by atoms with Gasteiger partial charge >= 0.3 is 0 Å². The lowest BCUT2D eigenvalue weighted by molar-refractivity contribution is 0.0437. The molecule has 0 radical (unpaired) electrons. The van der Waals surface area contributed by atoms with Crippen molar-refractivity contribution >= 4 is 0 Å². The molecule has 1 aliphatic heterocycles. The summed E-state index contributed by atoms with van der Waals surface area (Å²) in [7, 11) is 0. The fraction of sp³-hybridized carbons (Fsp3) is 0.647. The zero-order chi connectivity index (χ0) is 14.5. The Morgan fingerprint density at radius 1 is 1.25 bits per heavy atom. The van der Waals surface area contributed by atoms with Gasteiger partial charge in [-0.3, -0.25) is 4.90 Å². The van der Waals surface area contributed by atoms with Gasteiger partial charge in [0.15, 0.2) is 0 Å². The molecule has 3 nitrogen and oxygen atoms in total. The summed E-state index contributed by atoms with van der Waals surface area (Å²) in [6.07, 6.45) is 3.38. The Morgan fingerprint density at radius 3 is 2.60 bits per heavy atom. The molecule has 20 heavy (non-hydrogen) atoms. The Balaban J connectivity index is 1.80. The van der Waals surface area contributed by atoms with Crippen LogP contribution in [0, 0.1) is 13.8 Å². The maximum atomic E-state index is 10.2. The van der Waals surface area contributed by atoms with Crippen molar-refractivity contribution in [2.24, 2.45) is 0 Å². The number of aliphatic hydroxyl groups excluding tert-OH is 1. The number of hydrogen-bond acceptors (Lipinski definition) is 3. The van der Waals surface area contributed by atoms with Crippen LogP contribution in [0.25, 0.3) is 0 Å². The molecule has 0 spiro atoms. The highest BCUT2D eigenvalue weighted by molar-refractivity contribution is 5.32. The highest BCUT2D eigenvalue weighted by Gasteiger charge is 2.20. The lowest BCUT2D eigenvalue weighted by atomic mass is 10.0. The van der Waals surface area contributed by atoms with E-state index in [4.69, 9.17) is 4.74 Å². The number of rotatable bonds is 5. The lowest BCUT2D eigenvalue weighted by Gasteiger charge is -2.34. The van der Waals surface area contributed by atoms with Gasteiger partial charge in [-0.1, -0.05) is 12.5 Å². The van der Waals surface area contributed by atoms with E-state index in [0.29, 0.717) is 19.2 Å². The van der Waals surface area contributed by atoms with E-state index < -0.39 is 6.10 Å². The lowest BCUT2D eigenvalue weighted by Crippen LogP contribution is -2.43. The standard InChI is InChI=1S/C17H27NO2/c1-13-8-14(2)10-17(9-13)20-12-16(19)11-18-7-5-4-6-15(18)3/h8-10,15-16,19H,4-7,11-12H2,1-3H3/t15-,16-/m1/s1. The minimum atomic E-state index is -0.420. The second-order valence-electron chi connectivity index (χ2n) is 6.13. The molecule has 1 aromatic rings. The Kier molecular flexibility index (Phi) is 5.44. The van der Waals surface area contributed by atoms with Crippen LogP contribution >= 0.6 is 0 Å². The molecule has 1 heterocycles. The van der Waals surface area contributed by atoms with Crippen molar-refractivity contribution in [3.05, 3.63) is 29.3 Å². The van der Waals surface area contributed by atoms with Gasteiger partial charge < -0.3 is 9.84 Å². The molecule has 2 rings (SSSR count). The number of ether oxygens (including phenoxy) is 1. The molecular weight excluding hydrogens is 250 g/mol. The summed E-state index contributed by atoms with van der Waals surface area (Å²) < 4.78 is 5.73. The molecule has 1 saturated heterocycles. The summed E-state index contributed by atoms with van der Waals surface area (Å²) in [5, 5.41) is 10.2. The molecule has 0 unspecified atom stereocenters. The number of β-amino-alcohol motifs (C(OH)–C–C–N with tert-alkyl or cyclic N) is 1. The van der Waals surface area contributed by atoms with Gasteiger partial charge in [0.2, 0.25) is 0 Å². The third-order valence-corrected chi connectivity index (χ3v) is 4.02. The number of benzene rings is 1. The van der Waals surface area contributed by atoms with Crippen LogP contribution in [-0.2, 0) is 0 Å². The zero-order valence-corrected chi connectivity index (χ0v) is 12.9. The minimum absolute atomic E-state index is 0.367. The summed E-state index contributed by atoms with van der Waals surface area (Å²) in [5.74, 6) is 0.855. The molecule has 1 fully saturated rings. The van der Waals surface area contributed by atoms with Crippen molar-refractivity contribution in [1.29, 1.82) is 0 Å². The van der Waals surface area contributed by atoms with Crippen LogP contribution in [0.3, 0.4) is 0 Å². The van der Waals surface area contributed by atoms with Gasteiger partial charge in [0.05, 0.1) is 0 Å². The first-order valence-corrected chi connectivity index (χ1v) is 7.68. The molecule has 0 bridgehead atoms. The number of aliphatic hydroxyl groups is 1. The van der Waals surface area contributed by atoms with E-state index >= 15 is 0 Å². The van der Waals surface area contributed by atoms with Crippen LogP contribution in [0.2, 0.25) is 0 Å². The first-order chi connectivity index (χ1) is 9.54. The molecule has 1 aromatic carbocycles. The zero-order valence-electron chi connectivity index (χ0n) is 12.9. The quantitative estimate of drug-likeness (QED) is 0.898. The topological polar surface area (TPSA) is 32.7 Å². The van der Waals surface area contributed by atoms with Crippen molar-refractivity contribution in [3.8, 4) is 5.75 Å². The van der Waals surface area contributed by atoms with E-state index in [-0.39, 0.29) is 0 Å². The number of aryl methyl sites for hydroxylation is 2. The first-order valence-electron chi connectivity index (χ1n) is 7.68. The van der Waals surface area contributed by atoms with E-state index in [9.17, 15) is 5.11 Å². The van der Waals surface area contributed by atoms with Gasteiger partial charge in [-0.05, 0) is 63.4 Å². The van der Waals surface area contributed by atoms with Crippen LogP contribution < -0.4 is 4.74 Å². The number of nitrogens with zero attached hydrogens (tertiary/aromatic N) is 1. The van der Waals surface area contributed by atoms with Crippen LogP contribution in [0.4, 0.5) is 0 Å². The summed E-state index contributed by atoms with van der Waals surface area (Å²) in [6.45, 7) is 8.55. The van der Waals surface area contributed by atoms with E-state index in [1.165, 1.54) is 30.4 Å². The first kappa shape index (κ1) is 15.3. The van der Waals surface area contributed by atoms with Crippen molar-refractivity contribution in [1.82, 2.24) is 4.90 Å². The summed E-state index contributed by atoms with van der Waals surface area (Å²) in [5.41, 5.74) is 2.39. The maximum Gasteiger partial charge on any atom is 0.119 e. The average Bonchev–Trinajstić information content (AvgIpc) is 2.38. The molecule has 1 aliphatic rings. The summed E-state index contributed by atoms with van der Waals surface area (Å²) >= 11 is 0. The van der Waals surface area contributed by atoms with Gasteiger partial charge in [-0.2, -0.15) is 0 Å². The molecule has 0 amide bonds. The van der Waals surface area contributed by atoms with E-state index in [0.717, 1.165) is 12.3 Å². The van der Waals surface area contributed by atoms with E-state index in [1.807, 2.05) is 12.1 Å². The van der Waals surface area contributed by atoms with Crippen molar-refractivity contribution in [2.75, 3.05) is 19.7 Å². The number of piperidine rings is 1. The van der Waals surface area contributed by atoms with Crippen LogP contribution in [0.5, 0.6) is 5.75 Å². The third kappa shape index (κ3) is 4.50. The fourth-order valence-electron chi connectivity index (χ4n) is 2.96. The van der Waals surface area contributed by atoms with Gasteiger partial charge in [0.25, 0.3) is 0 Å². The fourth-order valence-corrected chi connectivity index (χ4v) is 2.96. The monoisotopic (exact) mass is 277 g/mol. The van der Waals surface area contributed by atoms with Crippen LogP contribution in [0.1, 0.15) is 37.3 Å². The van der Waals surface area contributed by atoms with Gasteiger partial charge in [-0.15, -0.1) is 0 Å². The number of hydrogen-bond donors (Lipinski definition) is 1. The molecule has 0 saturated carbocycles. The second-order valence-corrected chi connectivity index (χ2v) is 6.13. The average molecular weight is 277 g/mol. The van der Waals surface area contributed by atoms with Crippen molar-refractivity contribution in [2.45, 2.75) is 52.2 Å². The Morgan fingerprint density at radius 2 is 1.95 bits per heavy atom. The van der Waals surface area contributed by atoms with Crippen molar-refractivity contribution in [3.63, 3.8) is 0 Å². The smallest absolute Gasteiger partial charge is 0.119 e. The van der Waals surface area contributed by atoms with Gasteiger partial charge in [0, 0.05) is 12.6 Å². The van der Waals surface area contributed by atoms with Crippen LogP contribution in [-0.4, -0.2) is 41.8 Å². The van der Waals surface area contributed by atoms with E-state index in [2.05, 4.69) is 31.7 Å². The SMILES string of the molecule is Cc1cc(C)cc(OC[C@H](O)CN2CCCC[C@H]2C)c1. The largest absolute Gasteiger partial charge is 0.491 e. The maximum absolute atomic E-state index is 10.2. The Hall–Kier alpha value is -1.06. The highest BCUT2D eigenvalue weighted by Crippen LogP contribution is 2.18. The summed E-state index contributed by atoms with van der Waals surface area (Å²) in [4.78, 5) is 2.37. The van der Waals surface area contributed by atoms with Crippen molar-refractivity contribution < 1.29 is 9.84 Å². The molecular formula is C17H27NO2.